The Hall–Kier alpha value is -1.29. The molecule has 2 heterocycles. The number of nitrogens with zero attached hydrogens (tertiary/aromatic N) is 3. The van der Waals surface area contributed by atoms with E-state index in [-0.39, 0.29) is 0 Å². The van der Waals surface area contributed by atoms with E-state index in [1.165, 1.54) is 6.33 Å². The second-order valence-electron chi connectivity index (χ2n) is 1.96. The summed E-state index contributed by atoms with van der Waals surface area (Å²) in [5.41, 5.74) is 2.72. The van der Waals surface area contributed by atoms with E-state index < -0.39 is 0 Å². The quantitative estimate of drug-likeness (QED) is 0.641. The number of hydrogen-bond donors (Lipinski definition) is 0. The standard InChI is InChI=1S/C7H5N3S/c1-2-8-4-10-6(1)7-3-9-5-11-7/h1-5H. The third-order valence-electron chi connectivity index (χ3n) is 1.27. The summed E-state index contributed by atoms with van der Waals surface area (Å²) in [5.74, 6) is 0. The zero-order valence-corrected chi connectivity index (χ0v) is 6.45. The van der Waals surface area contributed by atoms with Gasteiger partial charge in [0.15, 0.2) is 0 Å². The van der Waals surface area contributed by atoms with E-state index in [2.05, 4.69) is 15.0 Å². The van der Waals surface area contributed by atoms with Crippen LogP contribution in [0.4, 0.5) is 0 Å². The summed E-state index contributed by atoms with van der Waals surface area (Å²) >= 11 is 1.57. The van der Waals surface area contributed by atoms with E-state index >= 15 is 0 Å². The predicted molar refractivity (Wildman–Crippen MR) is 43.1 cm³/mol. The Bertz CT molecular complexity index is 317. The van der Waals surface area contributed by atoms with E-state index in [1.54, 1.807) is 29.2 Å². The maximum Gasteiger partial charge on any atom is 0.116 e. The normalized spacial score (nSPS) is 9.82. The molecule has 11 heavy (non-hydrogen) atoms. The van der Waals surface area contributed by atoms with Crippen molar-refractivity contribution in [3.8, 4) is 10.6 Å². The van der Waals surface area contributed by atoms with Gasteiger partial charge in [-0.15, -0.1) is 11.3 Å². The van der Waals surface area contributed by atoms with E-state index in [0.717, 1.165) is 10.6 Å². The largest absolute Gasteiger partial charge is 0.252 e. The molecule has 4 heteroatoms. The van der Waals surface area contributed by atoms with Gasteiger partial charge in [-0.05, 0) is 6.07 Å². The summed E-state index contributed by atoms with van der Waals surface area (Å²) in [4.78, 5) is 12.9. The fourth-order valence-electron chi connectivity index (χ4n) is 0.779. The molecular weight excluding hydrogens is 158 g/mol. The summed E-state index contributed by atoms with van der Waals surface area (Å²) in [6.45, 7) is 0. The first kappa shape index (κ1) is 6.42. The minimum atomic E-state index is 0.933. The Morgan fingerprint density at radius 3 is 2.91 bits per heavy atom. The van der Waals surface area contributed by atoms with Crippen LogP contribution in [-0.4, -0.2) is 15.0 Å². The van der Waals surface area contributed by atoms with E-state index in [0.29, 0.717) is 0 Å². The molecule has 0 saturated carbocycles. The van der Waals surface area contributed by atoms with Crippen molar-refractivity contribution < 1.29 is 0 Å². The van der Waals surface area contributed by atoms with Crippen LogP contribution in [0.15, 0.2) is 30.3 Å². The lowest BCUT2D eigenvalue weighted by atomic mass is 10.4. The van der Waals surface area contributed by atoms with E-state index in [1.807, 2.05) is 6.07 Å². The van der Waals surface area contributed by atoms with Crippen LogP contribution in [0.5, 0.6) is 0 Å². The zero-order chi connectivity index (χ0) is 7.52. The third-order valence-corrected chi connectivity index (χ3v) is 2.06. The fraction of sp³-hybridized carbons (Fsp3) is 0. The topological polar surface area (TPSA) is 38.7 Å². The maximum atomic E-state index is 4.08. The average Bonchev–Trinajstić information content (AvgIpc) is 2.58. The summed E-state index contributed by atoms with van der Waals surface area (Å²) in [5, 5.41) is 0. The van der Waals surface area contributed by atoms with E-state index in [9.17, 15) is 0 Å². The minimum Gasteiger partial charge on any atom is -0.252 e. The molecule has 0 aliphatic rings. The molecule has 0 spiro atoms. The number of hydrogen-bond acceptors (Lipinski definition) is 4. The molecule has 0 fully saturated rings. The van der Waals surface area contributed by atoms with Gasteiger partial charge >= 0.3 is 0 Å². The molecule has 3 nitrogen and oxygen atoms in total. The maximum absolute atomic E-state index is 4.08. The molecule has 0 radical (unpaired) electrons. The van der Waals surface area contributed by atoms with Gasteiger partial charge in [-0.1, -0.05) is 0 Å². The van der Waals surface area contributed by atoms with Gasteiger partial charge in [0.2, 0.25) is 0 Å². The minimum absolute atomic E-state index is 0.933. The van der Waals surface area contributed by atoms with Gasteiger partial charge in [-0.3, -0.25) is 4.98 Å². The summed E-state index contributed by atoms with van der Waals surface area (Å²) in [6.07, 6.45) is 5.06. The van der Waals surface area contributed by atoms with Crippen molar-refractivity contribution in [1.82, 2.24) is 15.0 Å². The van der Waals surface area contributed by atoms with Crippen molar-refractivity contribution in [2.24, 2.45) is 0 Å². The van der Waals surface area contributed by atoms with Crippen LogP contribution in [-0.2, 0) is 0 Å². The van der Waals surface area contributed by atoms with Crippen LogP contribution in [0.2, 0.25) is 0 Å². The second-order valence-corrected chi connectivity index (χ2v) is 2.85. The van der Waals surface area contributed by atoms with Gasteiger partial charge < -0.3 is 0 Å². The average molecular weight is 163 g/mol. The molecule has 0 aromatic carbocycles. The molecule has 0 atom stereocenters. The van der Waals surface area contributed by atoms with Gasteiger partial charge in [0.25, 0.3) is 0 Å². The molecule has 54 valence electrons. The molecular formula is C7H5N3S. The summed E-state index contributed by atoms with van der Waals surface area (Å²) in [6, 6.07) is 1.87. The first-order valence-corrected chi connectivity index (χ1v) is 3.99. The molecule has 2 aromatic rings. The van der Waals surface area contributed by atoms with Gasteiger partial charge in [-0.2, -0.15) is 0 Å². The summed E-state index contributed by atoms with van der Waals surface area (Å²) in [7, 11) is 0. The molecule has 0 N–H and O–H groups in total. The Balaban J connectivity index is 2.46. The number of thiazole rings is 1. The van der Waals surface area contributed by atoms with Crippen LogP contribution in [0.1, 0.15) is 0 Å². The molecule has 0 unspecified atom stereocenters. The van der Waals surface area contributed by atoms with Crippen molar-refractivity contribution in [1.29, 1.82) is 0 Å². The lowest BCUT2D eigenvalue weighted by molar-refractivity contribution is 1.17. The first-order valence-electron chi connectivity index (χ1n) is 3.12. The Morgan fingerprint density at radius 2 is 2.27 bits per heavy atom. The molecule has 0 amide bonds. The second kappa shape index (κ2) is 2.75. The van der Waals surface area contributed by atoms with Crippen LogP contribution in [0.3, 0.4) is 0 Å². The van der Waals surface area contributed by atoms with E-state index in [4.69, 9.17) is 0 Å². The highest BCUT2D eigenvalue weighted by Gasteiger charge is 1.97. The van der Waals surface area contributed by atoms with Crippen molar-refractivity contribution in [3.63, 3.8) is 0 Å². The third kappa shape index (κ3) is 1.25. The molecule has 0 aliphatic carbocycles. The van der Waals surface area contributed by atoms with Crippen molar-refractivity contribution in [2.75, 3.05) is 0 Å². The smallest absolute Gasteiger partial charge is 0.116 e. The van der Waals surface area contributed by atoms with Crippen molar-refractivity contribution >= 4 is 11.3 Å². The van der Waals surface area contributed by atoms with Gasteiger partial charge in [-0.25, -0.2) is 9.97 Å². The van der Waals surface area contributed by atoms with Crippen molar-refractivity contribution in [2.45, 2.75) is 0 Å². The van der Waals surface area contributed by atoms with Gasteiger partial charge in [0.05, 0.1) is 16.1 Å². The van der Waals surface area contributed by atoms with Crippen LogP contribution >= 0.6 is 11.3 Å². The number of aromatic nitrogens is 3. The lowest BCUT2D eigenvalue weighted by Crippen LogP contribution is -1.79. The lowest BCUT2D eigenvalue weighted by Gasteiger charge is -1.90. The fourth-order valence-corrected chi connectivity index (χ4v) is 1.38. The highest BCUT2D eigenvalue weighted by molar-refractivity contribution is 7.13. The Labute approximate surface area is 67.8 Å². The van der Waals surface area contributed by atoms with Gasteiger partial charge in [0, 0.05) is 12.4 Å². The zero-order valence-electron chi connectivity index (χ0n) is 5.64. The highest BCUT2D eigenvalue weighted by atomic mass is 32.1. The first-order chi connectivity index (χ1) is 5.47. The monoisotopic (exact) mass is 163 g/mol. The SMILES string of the molecule is c1cc(-c2cncs2)ncn1. The highest BCUT2D eigenvalue weighted by Crippen LogP contribution is 2.18. The van der Waals surface area contributed by atoms with Crippen LogP contribution in [0, 0.1) is 0 Å². The van der Waals surface area contributed by atoms with Gasteiger partial charge in [0.1, 0.15) is 6.33 Å². The Morgan fingerprint density at radius 1 is 1.27 bits per heavy atom. The molecule has 2 rings (SSSR count). The van der Waals surface area contributed by atoms with Crippen LogP contribution < -0.4 is 0 Å². The Kier molecular flexibility index (Phi) is 1.61. The molecule has 0 aliphatic heterocycles. The summed E-state index contributed by atoms with van der Waals surface area (Å²) < 4.78 is 0. The molecule has 0 saturated heterocycles. The number of rotatable bonds is 1. The molecule has 2 aromatic heterocycles. The van der Waals surface area contributed by atoms with Crippen molar-refractivity contribution in [3.05, 3.63) is 30.3 Å². The van der Waals surface area contributed by atoms with Crippen LogP contribution in [0.25, 0.3) is 10.6 Å². The molecule has 0 bridgehead atoms. The predicted octanol–water partition coefficient (Wildman–Crippen LogP) is 1.60.